The van der Waals surface area contributed by atoms with Crippen LogP contribution in [0.5, 0.6) is 0 Å². The van der Waals surface area contributed by atoms with Crippen molar-refractivity contribution in [3.05, 3.63) is 46.7 Å². The molecule has 1 unspecified atom stereocenters. The summed E-state index contributed by atoms with van der Waals surface area (Å²) in [5.74, 6) is -0.709. The van der Waals surface area contributed by atoms with E-state index in [1.54, 1.807) is 24.2 Å². The van der Waals surface area contributed by atoms with Crippen molar-refractivity contribution in [3.63, 3.8) is 0 Å². The van der Waals surface area contributed by atoms with Crippen LogP contribution in [0.25, 0.3) is 0 Å². The van der Waals surface area contributed by atoms with Gasteiger partial charge in [-0.05, 0) is 53.2 Å². The summed E-state index contributed by atoms with van der Waals surface area (Å²) in [5, 5.41) is 2.92. The molecule has 0 radical (unpaired) electrons. The van der Waals surface area contributed by atoms with Crippen molar-refractivity contribution in [1.82, 2.24) is 9.88 Å². The molecule has 1 aliphatic heterocycles. The van der Waals surface area contributed by atoms with Crippen molar-refractivity contribution in [3.8, 4) is 0 Å². The van der Waals surface area contributed by atoms with Gasteiger partial charge in [0.25, 0.3) is 0 Å². The van der Waals surface area contributed by atoms with Crippen LogP contribution in [0, 0.1) is 11.2 Å². The molecule has 1 aromatic rings. The third-order valence-electron chi connectivity index (χ3n) is 4.50. The summed E-state index contributed by atoms with van der Waals surface area (Å²) >= 11 is 3.15. The van der Waals surface area contributed by atoms with E-state index < -0.39 is 23.4 Å². The number of nitrogens with zero attached hydrogens (tertiary/aromatic N) is 2. The van der Waals surface area contributed by atoms with Gasteiger partial charge in [0.15, 0.2) is 11.6 Å². The summed E-state index contributed by atoms with van der Waals surface area (Å²) < 4.78 is 42.3. The molecule has 1 aromatic heterocycles. The lowest BCUT2D eigenvalue weighted by atomic mass is 9.61. The van der Waals surface area contributed by atoms with Crippen LogP contribution >= 0.6 is 15.9 Å². The number of hydrogen-bond acceptors (Lipinski definition) is 3. The fourth-order valence-electron chi connectivity index (χ4n) is 3.46. The quantitative estimate of drug-likeness (QED) is 0.839. The minimum absolute atomic E-state index is 0.0910. The molecule has 3 rings (SSSR count). The molecule has 0 bridgehead atoms. The summed E-state index contributed by atoms with van der Waals surface area (Å²) in [6.07, 6.45) is 5.79. The number of pyridine rings is 1. The second kappa shape index (κ2) is 6.19. The number of halogens is 4. The molecule has 0 spiro atoms. The Balaban J connectivity index is 1.79. The fraction of sp³-hybridized carbons (Fsp3) is 0.438. The maximum atomic E-state index is 14.3. The van der Waals surface area contributed by atoms with Gasteiger partial charge in [0.1, 0.15) is 12.0 Å². The van der Waals surface area contributed by atoms with Gasteiger partial charge in [-0.2, -0.15) is 0 Å². The zero-order chi connectivity index (χ0) is 16.6. The molecular formula is C16H17BrF3N3. The maximum Gasteiger partial charge on any atom is 0.166 e. The molecule has 0 saturated heterocycles. The zero-order valence-electron chi connectivity index (χ0n) is 12.6. The van der Waals surface area contributed by atoms with Gasteiger partial charge in [-0.1, -0.05) is 0 Å². The first-order valence-corrected chi connectivity index (χ1v) is 8.15. The highest BCUT2D eigenvalue weighted by Crippen LogP contribution is 2.50. The van der Waals surface area contributed by atoms with E-state index in [0.29, 0.717) is 4.47 Å². The van der Waals surface area contributed by atoms with Crippen LogP contribution in [0.3, 0.4) is 0 Å². The first-order chi connectivity index (χ1) is 10.9. The normalized spacial score (nSPS) is 30.0. The second-order valence-corrected chi connectivity index (χ2v) is 7.08. The third kappa shape index (κ3) is 3.11. The highest BCUT2D eigenvalue weighted by Gasteiger charge is 2.53. The van der Waals surface area contributed by atoms with E-state index in [4.69, 9.17) is 0 Å². The van der Waals surface area contributed by atoms with E-state index in [-0.39, 0.29) is 31.0 Å². The topological polar surface area (TPSA) is 28.2 Å². The van der Waals surface area contributed by atoms with Crippen LogP contribution in [-0.4, -0.2) is 35.7 Å². The van der Waals surface area contributed by atoms with Gasteiger partial charge in [0.05, 0.1) is 6.04 Å². The van der Waals surface area contributed by atoms with Crippen LogP contribution in [0.1, 0.15) is 12.8 Å². The average Bonchev–Trinajstić information content (AvgIpc) is 2.44. The molecule has 1 fully saturated rings. The first kappa shape index (κ1) is 16.4. The standard InChI is InChI=1S/C16H17BrF3N3/c1-23-4-2-3-12(19)14(23)16(6-11(18)7-16)9-22-15-13(20)5-10(17)8-21-15/h2-5,8,11,14H,6-7,9H2,1H3,(H,21,22). The Morgan fingerprint density at radius 1 is 1.43 bits per heavy atom. The largest absolute Gasteiger partial charge is 0.370 e. The van der Waals surface area contributed by atoms with Crippen LogP contribution in [0.15, 0.2) is 40.9 Å². The van der Waals surface area contributed by atoms with E-state index >= 15 is 0 Å². The van der Waals surface area contributed by atoms with E-state index in [9.17, 15) is 13.2 Å². The van der Waals surface area contributed by atoms with Crippen LogP contribution in [0.2, 0.25) is 0 Å². The van der Waals surface area contributed by atoms with Gasteiger partial charge >= 0.3 is 0 Å². The SMILES string of the molecule is CN1C=CC=C(F)C1C1(CNc2ncc(Br)cc2F)CC(F)C1. The third-order valence-corrected chi connectivity index (χ3v) is 4.93. The molecule has 1 saturated carbocycles. The van der Waals surface area contributed by atoms with Crippen LogP contribution in [0.4, 0.5) is 19.0 Å². The van der Waals surface area contributed by atoms with Gasteiger partial charge in [-0.3, -0.25) is 0 Å². The molecule has 7 heteroatoms. The van der Waals surface area contributed by atoms with Crippen molar-refractivity contribution in [2.24, 2.45) is 5.41 Å². The predicted octanol–water partition coefficient (Wildman–Crippen LogP) is 4.19. The summed E-state index contributed by atoms with van der Waals surface area (Å²) in [7, 11) is 1.76. The van der Waals surface area contributed by atoms with Gasteiger partial charge in [-0.15, -0.1) is 0 Å². The van der Waals surface area contributed by atoms with Gasteiger partial charge < -0.3 is 10.2 Å². The molecule has 1 atom stereocenters. The number of allylic oxidation sites excluding steroid dienone is 2. The Hall–Kier alpha value is -1.50. The zero-order valence-corrected chi connectivity index (χ0v) is 14.2. The molecule has 1 N–H and O–H groups in total. The number of aromatic nitrogens is 1. The molecule has 2 heterocycles. The van der Waals surface area contributed by atoms with E-state index in [2.05, 4.69) is 26.2 Å². The minimum atomic E-state index is -0.952. The Bertz CT molecular complexity index is 656. The summed E-state index contributed by atoms with van der Waals surface area (Å²) in [4.78, 5) is 5.72. The number of anilines is 1. The Labute approximate surface area is 141 Å². The second-order valence-electron chi connectivity index (χ2n) is 6.17. The first-order valence-electron chi connectivity index (χ1n) is 7.36. The van der Waals surface area contributed by atoms with E-state index in [1.807, 2.05) is 0 Å². The van der Waals surface area contributed by atoms with Crippen LogP contribution in [-0.2, 0) is 0 Å². The molecule has 0 aromatic carbocycles. The van der Waals surface area contributed by atoms with Crippen molar-refractivity contribution >= 4 is 21.7 Å². The Morgan fingerprint density at radius 2 is 2.17 bits per heavy atom. The van der Waals surface area contributed by atoms with E-state index in [1.165, 1.54) is 18.3 Å². The smallest absolute Gasteiger partial charge is 0.166 e. The highest BCUT2D eigenvalue weighted by molar-refractivity contribution is 9.10. The van der Waals surface area contributed by atoms with Gasteiger partial charge in [0, 0.05) is 29.7 Å². The summed E-state index contributed by atoms with van der Waals surface area (Å²) in [5.41, 5.74) is -0.624. The van der Waals surface area contributed by atoms with Crippen molar-refractivity contribution < 1.29 is 13.2 Å². The van der Waals surface area contributed by atoms with Crippen molar-refractivity contribution in [2.45, 2.75) is 25.1 Å². The predicted molar refractivity (Wildman–Crippen MR) is 86.8 cm³/mol. The summed E-state index contributed by atoms with van der Waals surface area (Å²) in [6.45, 7) is 0.253. The monoisotopic (exact) mass is 387 g/mol. The highest BCUT2D eigenvalue weighted by atomic mass is 79.9. The average molecular weight is 388 g/mol. The lowest BCUT2D eigenvalue weighted by Crippen LogP contribution is -2.57. The number of rotatable bonds is 4. The van der Waals surface area contributed by atoms with E-state index in [0.717, 1.165) is 0 Å². The Morgan fingerprint density at radius 3 is 2.78 bits per heavy atom. The van der Waals surface area contributed by atoms with Crippen molar-refractivity contribution in [1.29, 1.82) is 0 Å². The molecule has 3 nitrogen and oxygen atoms in total. The fourth-order valence-corrected chi connectivity index (χ4v) is 3.76. The molecule has 1 aliphatic carbocycles. The molecular weight excluding hydrogens is 371 g/mol. The molecule has 0 amide bonds. The number of hydrogen-bond donors (Lipinski definition) is 1. The van der Waals surface area contributed by atoms with Gasteiger partial charge in [-0.25, -0.2) is 18.2 Å². The lowest BCUT2D eigenvalue weighted by molar-refractivity contribution is -0.0193. The Kier molecular flexibility index (Phi) is 4.40. The number of nitrogens with one attached hydrogen (secondary N) is 1. The number of alkyl halides is 1. The maximum absolute atomic E-state index is 14.3. The molecule has 2 aliphatic rings. The van der Waals surface area contributed by atoms with Crippen molar-refractivity contribution in [2.75, 3.05) is 18.9 Å². The molecule has 124 valence electrons. The molecule has 23 heavy (non-hydrogen) atoms. The number of likely N-dealkylation sites (N-methyl/N-ethyl adjacent to an activating group) is 1. The minimum Gasteiger partial charge on any atom is -0.370 e. The van der Waals surface area contributed by atoms with Gasteiger partial charge in [0.2, 0.25) is 0 Å². The van der Waals surface area contributed by atoms with Crippen LogP contribution < -0.4 is 5.32 Å². The lowest BCUT2D eigenvalue weighted by Gasteiger charge is -2.52. The summed E-state index contributed by atoms with van der Waals surface area (Å²) in [6, 6.07) is 0.752.